The Balaban J connectivity index is 0.000000415. The van der Waals surface area contributed by atoms with Crippen LogP contribution in [-0.4, -0.2) is 19.0 Å². The summed E-state index contributed by atoms with van der Waals surface area (Å²) in [4.78, 5) is 0. The molecule has 2 aromatic rings. The second kappa shape index (κ2) is 7.35. The van der Waals surface area contributed by atoms with Crippen molar-refractivity contribution in [1.29, 1.82) is 0 Å². The van der Waals surface area contributed by atoms with Crippen LogP contribution in [0.3, 0.4) is 0 Å². The highest BCUT2D eigenvalue weighted by atomic mass is 32.2. The number of rotatable bonds is 3. The Labute approximate surface area is 150 Å². The summed E-state index contributed by atoms with van der Waals surface area (Å²) in [6, 6.07) is 10.7. The average Bonchev–Trinajstić information content (AvgIpc) is 3.04. The smallest absolute Gasteiger partial charge is 0.220 e. The van der Waals surface area contributed by atoms with Gasteiger partial charge in [-0.05, 0) is 23.8 Å². The zero-order valence-corrected chi connectivity index (χ0v) is 15.4. The Hall–Kier alpha value is -1.57. The van der Waals surface area contributed by atoms with Gasteiger partial charge in [0.15, 0.2) is 0 Å². The van der Waals surface area contributed by atoms with E-state index >= 15 is 0 Å². The maximum atomic E-state index is 8.78. The van der Waals surface area contributed by atoms with Gasteiger partial charge in [0.1, 0.15) is 0 Å². The predicted molar refractivity (Wildman–Crippen MR) is 94.3 cm³/mol. The molecular weight excluding hydrogens is 338 g/mol. The Bertz CT molecular complexity index is 722. The minimum absolute atomic E-state index is 0.209. The quantitative estimate of drug-likeness (QED) is 0.843. The molecule has 25 heavy (non-hydrogen) atoms. The monoisotopic (exact) mass is 362 g/mol. The fourth-order valence-electron chi connectivity index (χ4n) is 4.09. The molecule has 3 atom stereocenters. The van der Waals surface area contributed by atoms with E-state index in [4.69, 9.17) is 13.2 Å². The molecule has 0 bridgehead atoms. The fourth-order valence-corrected chi connectivity index (χ4v) is 4.09. The molecule has 1 aromatic heterocycles. The van der Waals surface area contributed by atoms with Gasteiger partial charge in [-0.25, -0.2) is 0 Å². The van der Waals surface area contributed by atoms with Crippen molar-refractivity contribution in [1.82, 2.24) is 10.2 Å². The lowest BCUT2D eigenvalue weighted by molar-refractivity contribution is 0.404. The first-order valence-corrected chi connectivity index (χ1v) is 9.77. The van der Waals surface area contributed by atoms with Crippen molar-refractivity contribution in [3.8, 4) is 0 Å². The Morgan fingerprint density at radius 1 is 1.12 bits per heavy atom. The normalized spacial score (nSPS) is 25.9. The van der Waals surface area contributed by atoms with Crippen molar-refractivity contribution in [3.63, 3.8) is 0 Å². The molecule has 6 nitrogen and oxygen atoms in total. The highest BCUT2D eigenvalue weighted by Crippen LogP contribution is 2.69. The van der Waals surface area contributed by atoms with Crippen LogP contribution < -0.4 is 5.14 Å². The zero-order chi connectivity index (χ0) is 18.0. The average molecular weight is 362 g/mol. The van der Waals surface area contributed by atoms with Crippen LogP contribution in [-0.2, 0) is 11.3 Å². The van der Waals surface area contributed by atoms with E-state index in [1.54, 1.807) is 0 Å². The van der Waals surface area contributed by atoms with E-state index in [0.29, 0.717) is 17.8 Å². The first-order chi connectivity index (χ1) is 11.9. The Morgan fingerprint density at radius 3 is 2.28 bits per heavy atom. The van der Waals surface area contributed by atoms with Crippen molar-refractivity contribution in [2.45, 2.75) is 57.3 Å². The first-order valence-electron chi connectivity index (χ1n) is 8.63. The first kappa shape index (κ1) is 18.2. The van der Waals surface area contributed by atoms with Crippen molar-refractivity contribution in [3.05, 3.63) is 47.7 Å². The predicted octanol–water partition coefficient (Wildman–Crippen LogP) is 3.37. The van der Waals surface area contributed by atoms with Crippen LogP contribution in [0.2, 0.25) is 0 Å². The maximum Gasteiger partial charge on any atom is 0.220 e. The number of nitrogens with two attached hydrogens (primary N) is 1. The van der Waals surface area contributed by atoms with Gasteiger partial charge >= 0.3 is 0 Å². The third kappa shape index (κ3) is 3.99. The van der Waals surface area contributed by atoms with Crippen molar-refractivity contribution in [2.24, 2.45) is 10.6 Å². The molecule has 0 radical (unpaired) electrons. The van der Waals surface area contributed by atoms with Gasteiger partial charge in [0, 0.05) is 23.1 Å². The van der Waals surface area contributed by atoms with Gasteiger partial charge in [0.25, 0.3) is 0 Å². The minimum Gasteiger partial charge on any atom is -0.760 e. The van der Waals surface area contributed by atoms with Gasteiger partial charge in [-0.1, -0.05) is 57.0 Å². The van der Waals surface area contributed by atoms with Gasteiger partial charge in [-0.15, -0.1) is 10.2 Å². The summed E-state index contributed by atoms with van der Waals surface area (Å²) in [6.07, 6.45) is 5.00. The highest BCUT2D eigenvalue weighted by molar-refractivity contribution is 7.76. The highest BCUT2D eigenvalue weighted by Gasteiger charge is 2.61. The summed E-state index contributed by atoms with van der Waals surface area (Å²) in [5.74, 6) is 3.08. The molecule has 1 heterocycles. The van der Waals surface area contributed by atoms with E-state index in [1.165, 1.54) is 31.2 Å². The van der Waals surface area contributed by atoms with Crippen LogP contribution >= 0.6 is 0 Å². The zero-order valence-electron chi connectivity index (χ0n) is 14.6. The third-order valence-electron chi connectivity index (χ3n) is 5.41. The fraction of sp³-hybridized carbons (Fsp3) is 0.556. The summed E-state index contributed by atoms with van der Waals surface area (Å²) >= 11 is -2.36. The van der Waals surface area contributed by atoms with Crippen molar-refractivity contribution >= 4 is 11.3 Å². The number of hydrogen-bond donors (Lipinski definition) is 1. The summed E-state index contributed by atoms with van der Waals surface area (Å²) in [5, 5.41) is 12.7. The molecule has 2 saturated carbocycles. The van der Waals surface area contributed by atoms with E-state index in [1.807, 2.05) is 0 Å². The molecule has 2 N–H and O–H groups in total. The largest absolute Gasteiger partial charge is 0.760 e. The molecule has 2 aliphatic rings. The molecule has 0 amide bonds. The second-order valence-electron chi connectivity index (χ2n) is 7.41. The molecule has 1 aromatic carbocycles. The van der Waals surface area contributed by atoms with Gasteiger partial charge in [-0.3, -0.25) is 9.35 Å². The summed E-state index contributed by atoms with van der Waals surface area (Å²) in [6.45, 7) is 4.60. The number of nitrogens with zero attached hydrogens (tertiary/aromatic N) is 2. The SMILES string of the molecule is CC1(C)[C@@H](c2ccccc2)[C@@H]1c1nnc(C2CCCC2)o1.NS(=O)[O-]. The van der Waals surface area contributed by atoms with E-state index in [0.717, 1.165) is 11.8 Å². The lowest BCUT2D eigenvalue weighted by atomic mass is 10.0. The van der Waals surface area contributed by atoms with E-state index in [9.17, 15) is 0 Å². The number of aromatic nitrogens is 2. The van der Waals surface area contributed by atoms with Gasteiger partial charge in [0.2, 0.25) is 11.8 Å². The van der Waals surface area contributed by atoms with E-state index in [2.05, 4.69) is 59.5 Å². The maximum absolute atomic E-state index is 8.78. The molecule has 1 unspecified atom stereocenters. The van der Waals surface area contributed by atoms with Gasteiger partial charge < -0.3 is 8.97 Å². The van der Waals surface area contributed by atoms with Crippen LogP contribution in [0, 0.1) is 5.41 Å². The standard InChI is InChI=1S/C18H22N2O.H3NO2S/c1-18(2)14(12-8-4-3-5-9-12)15(18)17-20-19-16(21-17)13-10-6-7-11-13;1-4(2)3/h3-5,8-9,13-15H,6-7,10-11H2,1-2H3;1H2,(H,2,3)/p-1/t14-,15+;/m0./s1. The number of benzene rings is 1. The lowest BCUT2D eigenvalue weighted by Gasteiger charge is -2.01. The van der Waals surface area contributed by atoms with Crippen LogP contribution in [0.4, 0.5) is 0 Å². The molecular formula is C18H24N3O3S-. The molecule has 2 aliphatic carbocycles. The summed E-state index contributed by atoms with van der Waals surface area (Å²) < 4.78 is 23.6. The lowest BCUT2D eigenvalue weighted by Crippen LogP contribution is -1.97. The van der Waals surface area contributed by atoms with Crippen molar-refractivity contribution < 1.29 is 13.2 Å². The molecule has 4 rings (SSSR count). The van der Waals surface area contributed by atoms with Crippen LogP contribution in [0.25, 0.3) is 0 Å². The van der Waals surface area contributed by atoms with Crippen LogP contribution in [0.1, 0.15) is 74.6 Å². The summed E-state index contributed by atoms with van der Waals surface area (Å²) in [5.41, 5.74) is 1.59. The molecule has 0 saturated heterocycles. The van der Waals surface area contributed by atoms with Gasteiger partial charge in [0.05, 0.1) is 5.92 Å². The second-order valence-corrected chi connectivity index (χ2v) is 7.93. The number of hydrogen-bond acceptors (Lipinski definition) is 5. The molecule has 7 heteroatoms. The molecule has 0 spiro atoms. The molecule has 136 valence electrons. The topological polar surface area (TPSA) is 105 Å². The van der Waals surface area contributed by atoms with E-state index < -0.39 is 11.3 Å². The minimum atomic E-state index is -2.36. The molecule has 2 fully saturated rings. The Morgan fingerprint density at radius 2 is 1.68 bits per heavy atom. The van der Waals surface area contributed by atoms with Crippen molar-refractivity contribution in [2.75, 3.05) is 0 Å². The van der Waals surface area contributed by atoms with Crippen LogP contribution in [0.15, 0.2) is 34.7 Å². The van der Waals surface area contributed by atoms with Crippen LogP contribution in [0.5, 0.6) is 0 Å². The molecule has 0 aliphatic heterocycles. The van der Waals surface area contributed by atoms with Gasteiger partial charge in [-0.2, -0.15) is 0 Å². The van der Waals surface area contributed by atoms with E-state index in [-0.39, 0.29) is 5.41 Å². The summed E-state index contributed by atoms with van der Waals surface area (Å²) in [7, 11) is 0. The third-order valence-corrected chi connectivity index (χ3v) is 5.41. The Kier molecular flexibility index (Phi) is 5.36.